The Kier molecular flexibility index (Phi) is 3.53. The second-order valence-electron chi connectivity index (χ2n) is 4.27. The van der Waals surface area contributed by atoms with Gasteiger partial charge in [-0.1, -0.05) is 17.3 Å². The van der Waals surface area contributed by atoms with Crippen molar-refractivity contribution in [3.63, 3.8) is 0 Å². The molecule has 1 atom stereocenters. The highest BCUT2D eigenvalue weighted by molar-refractivity contribution is 5.54. The van der Waals surface area contributed by atoms with Gasteiger partial charge in [-0.2, -0.15) is 4.98 Å². The summed E-state index contributed by atoms with van der Waals surface area (Å²) in [5.41, 5.74) is 8.71. The van der Waals surface area contributed by atoms with Crippen LogP contribution in [-0.4, -0.2) is 15.1 Å². The van der Waals surface area contributed by atoms with Crippen molar-refractivity contribution in [2.24, 2.45) is 5.73 Å². The minimum absolute atomic E-state index is 0.311. The molecule has 0 fully saturated rings. The molecule has 2 N–H and O–H groups in total. The summed E-state index contributed by atoms with van der Waals surface area (Å²) in [5.74, 6) is 0.883. The number of hydrogen-bond acceptors (Lipinski definition) is 5. The van der Waals surface area contributed by atoms with E-state index in [2.05, 4.69) is 21.7 Å². The van der Waals surface area contributed by atoms with Crippen LogP contribution in [0.3, 0.4) is 0 Å². The van der Waals surface area contributed by atoms with E-state index >= 15 is 0 Å². The first-order valence-corrected chi connectivity index (χ1v) is 5.75. The van der Waals surface area contributed by atoms with Crippen molar-refractivity contribution in [2.45, 2.75) is 26.3 Å². The fourth-order valence-corrected chi connectivity index (χ4v) is 1.71. The first kappa shape index (κ1) is 12.4. The van der Waals surface area contributed by atoms with Crippen LogP contribution in [0.25, 0.3) is 11.5 Å². The predicted octanol–water partition coefficient (Wildman–Crippen LogP) is 2.32. The van der Waals surface area contributed by atoms with Crippen LogP contribution in [0.2, 0.25) is 0 Å². The summed E-state index contributed by atoms with van der Waals surface area (Å²) in [5, 5.41) is 3.92. The Hall–Kier alpha value is -2.01. The predicted molar refractivity (Wildman–Crippen MR) is 68.7 cm³/mol. The molecular formula is C13H16N4O. The summed E-state index contributed by atoms with van der Waals surface area (Å²) in [6.45, 7) is 7.59. The summed E-state index contributed by atoms with van der Waals surface area (Å²) < 4.78 is 5.14. The summed E-state index contributed by atoms with van der Waals surface area (Å²) in [7, 11) is 0. The van der Waals surface area contributed by atoms with Gasteiger partial charge in [0, 0.05) is 6.20 Å². The van der Waals surface area contributed by atoms with Gasteiger partial charge in [0.15, 0.2) is 0 Å². The summed E-state index contributed by atoms with van der Waals surface area (Å²) in [6.07, 6.45) is 4.11. The van der Waals surface area contributed by atoms with E-state index in [1.807, 2.05) is 19.9 Å². The molecule has 0 spiro atoms. The standard InChI is InChI=1S/C13H16N4O/c1-4-5-10(14)13-16-12(17-18-13)11-9(3)6-8(2)7-15-11/h4,6-7,10H,1,5,14H2,2-3H3. The van der Waals surface area contributed by atoms with E-state index in [0.717, 1.165) is 16.8 Å². The minimum Gasteiger partial charge on any atom is -0.337 e. The highest BCUT2D eigenvalue weighted by atomic mass is 16.5. The largest absolute Gasteiger partial charge is 0.337 e. The van der Waals surface area contributed by atoms with E-state index in [1.165, 1.54) is 0 Å². The summed E-state index contributed by atoms with van der Waals surface area (Å²) in [4.78, 5) is 8.60. The Morgan fingerprint density at radius 3 is 2.94 bits per heavy atom. The summed E-state index contributed by atoms with van der Waals surface area (Å²) in [6, 6.07) is 1.72. The maximum absolute atomic E-state index is 5.87. The van der Waals surface area contributed by atoms with Gasteiger partial charge < -0.3 is 10.3 Å². The van der Waals surface area contributed by atoms with Crippen LogP contribution in [0.5, 0.6) is 0 Å². The van der Waals surface area contributed by atoms with Gasteiger partial charge in [-0.05, 0) is 31.4 Å². The fourth-order valence-electron chi connectivity index (χ4n) is 1.71. The van der Waals surface area contributed by atoms with Crippen LogP contribution in [0.4, 0.5) is 0 Å². The lowest BCUT2D eigenvalue weighted by Gasteiger charge is -2.01. The van der Waals surface area contributed by atoms with Crippen molar-refractivity contribution >= 4 is 0 Å². The van der Waals surface area contributed by atoms with Crippen LogP contribution in [-0.2, 0) is 0 Å². The fraction of sp³-hybridized carbons (Fsp3) is 0.308. The Labute approximate surface area is 106 Å². The van der Waals surface area contributed by atoms with Crippen LogP contribution in [0.1, 0.15) is 29.5 Å². The van der Waals surface area contributed by atoms with Gasteiger partial charge in [-0.25, -0.2) is 0 Å². The van der Waals surface area contributed by atoms with Crippen LogP contribution >= 0.6 is 0 Å². The van der Waals surface area contributed by atoms with E-state index in [9.17, 15) is 0 Å². The molecule has 0 aliphatic carbocycles. The lowest BCUT2D eigenvalue weighted by atomic mass is 10.1. The Bertz CT molecular complexity index is 562. The van der Waals surface area contributed by atoms with Crippen molar-refractivity contribution in [2.75, 3.05) is 0 Å². The minimum atomic E-state index is -0.311. The van der Waals surface area contributed by atoms with Gasteiger partial charge in [0.1, 0.15) is 5.69 Å². The molecular weight excluding hydrogens is 228 g/mol. The topological polar surface area (TPSA) is 77.8 Å². The molecule has 18 heavy (non-hydrogen) atoms. The van der Waals surface area contributed by atoms with Crippen molar-refractivity contribution in [1.82, 2.24) is 15.1 Å². The van der Waals surface area contributed by atoms with Gasteiger partial charge in [0.05, 0.1) is 6.04 Å². The molecule has 0 aliphatic rings. The molecule has 5 nitrogen and oxygen atoms in total. The molecule has 0 bridgehead atoms. The molecule has 0 saturated carbocycles. The van der Waals surface area contributed by atoms with Gasteiger partial charge in [-0.3, -0.25) is 4.98 Å². The van der Waals surface area contributed by atoms with Gasteiger partial charge >= 0.3 is 0 Å². The second kappa shape index (κ2) is 5.10. The lowest BCUT2D eigenvalue weighted by molar-refractivity contribution is 0.355. The van der Waals surface area contributed by atoms with Gasteiger partial charge in [-0.15, -0.1) is 6.58 Å². The molecule has 0 radical (unpaired) electrons. The first-order valence-electron chi connectivity index (χ1n) is 5.75. The molecule has 2 aromatic rings. The van der Waals surface area contributed by atoms with E-state index in [0.29, 0.717) is 18.1 Å². The van der Waals surface area contributed by atoms with Crippen molar-refractivity contribution < 1.29 is 4.52 Å². The number of rotatable bonds is 4. The SMILES string of the molecule is C=CCC(N)c1nc(-c2ncc(C)cc2C)no1. The zero-order valence-electron chi connectivity index (χ0n) is 10.6. The second-order valence-corrected chi connectivity index (χ2v) is 4.27. The molecule has 2 aromatic heterocycles. The van der Waals surface area contributed by atoms with Crippen LogP contribution in [0, 0.1) is 13.8 Å². The normalized spacial score (nSPS) is 12.4. The van der Waals surface area contributed by atoms with Gasteiger partial charge in [0.25, 0.3) is 0 Å². The van der Waals surface area contributed by atoms with Crippen molar-refractivity contribution in [3.05, 3.63) is 41.9 Å². The maximum Gasteiger partial charge on any atom is 0.244 e. The number of hydrogen-bond donors (Lipinski definition) is 1. The third-order valence-electron chi connectivity index (χ3n) is 2.61. The number of nitrogens with two attached hydrogens (primary N) is 1. The third-order valence-corrected chi connectivity index (χ3v) is 2.61. The molecule has 1 unspecified atom stereocenters. The van der Waals surface area contributed by atoms with Crippen LogP contribution < -0.4 is 5.73 Å². The lowest BCUT2D eigenvalue weighted by Crippen LogP contribution is -2.09. The van der Waals surface area contributed by atoms with Gasteiger partial charge in [0.2, 0.25) is 11.7 Å². The Balaban J connectivity index is 2.32. The average molecular weight is 244 g/mol. The number of pyridine rings is 1. The van der Waals surface area contributed by atoms with Crippen molar-refractivity contribution in [3.8, 4) is 11.5 Å². The molecule has 0 amide bonds. The molecule has 0 aliphatic heterocycles. The number of aryl methyl sites for hydroxylation is 2. The van der Waals surface area contributed by atoms with E-state index in [1.54, 1.807) is 12.3 Å². The molecule has 0 aromatic carbocycles. The number of aromatic nitrogens is 3. The van der Waals surface area contributed by atoms with Crippen molar-refractivity contribution in [1.29, 1.82) is 0 Å². The Morgan fingerprint density at radius 2 is 2.28 bits per heavy atom. The molecule has 94 valence electrons. The average Bonchev–Trinajstić information content (AvgIpc) is 2.78. The molecule has 2 rings (SSSR count). The third kappa shape index (κ3) is 2.46. The smallest absolute Gasteiger partial charge is 0.244 e. The summed E-state index contributed by atoms with van der Waals surface area (Å²) >= 11 is 0. The monoisotopic (exact) mass is 244 g/mol. The van der Waals surface area contributed by atoms with Crippen LogP contribution in [0.15, 0.2) is 29.4 Å². The first-order chi connectivity index (χ1) is 8.61. The van der Waals surface area contributed by atoms with E-state index in [4.69, 9.17) is 10.3 Å². The highest BCUT2D eigenvalue weighted by Crippen LogP contribution is 2.21. The van der Waals surface area contributed by atoms with E-state index < -0.39 is 0 Å². The molecule has 5 heteroatoms. The highest BCUT2D eigenvalue weighted by Gasteiger charge is 2.16. The molecule has 0 saturated heterocycles. The maximum atomic E-state index is 5.87. The number of nitrogens with zero attached hydrogens (tertiary/aromatic N) is 3. The zero-order chi connectivity index (χ0) is 13.1. The Morgan fingerprint density at radius 1 is 1.50 bits per heavy atom. The quantitative estimate of drug-likeness (QED) is 0.835. The van der Waals surface area contributed by atoms with E-state index in [-0.39, 0.29) is 6.04 Å². The zero-order valence-corrected chi connectivity index (χ0v) is 10.6. The molecule has 2 heterocycles.